The van der Waals surface area contributed by atoms with Gasteiger partial charge >= 0.3 is 5.97 Å². The fourth-order valence-corrected chi connectivity index (χ4v) is 5.51. The monoisotopic (exact) mass is 595 g/mol. The van der Waals surface area contributed by atoms with E-state index >= 15 is 0 Å². The van der Waals surface area contributed by atoms with Crippen LogP contribution in [-0.4, -0.2) is 63.3 Å². The summed E-state index contributed by atoms with van der Waals surface area (Å²) >= 11 is 0. The minimum atomic E-state index is -3.40. The summed E-state index contributed by atoms with van der Waals surface area (Å²) in [4.78, 5) is 25.2. The summed E-state index contributed by atoms with van der Waals surface area (Å²) in [5.41, 5.74) is 5.58. The molecule has 224 valence electrons. The van der Waals surface area contributed by atoms with Crippen molar-refractivity contribution >= 4 is 21.7 Å². The minimum absolute atomic E-state index is 0.236. The third-order valence-corrected chi connectivity index (χ3v) is 8.14. The van der Waals surface area contributed by atoms with Crippen LogP contribution in [-0.2, 0) is 37.1 Å². The lowest BCUT2D eigenvalue weighted by Gasteiger charge is -2.20. The number of aryl methyl sites for hydroxylation is 1. The van der Waals surface area contributed by atoms with E-state index in [0.717, 1.165) is 40.7 Å². The summed E-state index contributed by atoms with van der Waals surface area (Å²) in [5, 5.41) is 12.1. The van der Waals surface area contributed by atoms with Crippen molar-refractivity contribution in [2.45, 2.75) is 45.4 Å². The van der Waals surface area contributed by atoms with Gasteiger partial charge in [-0.2, -0.15) is 0 Å². The van der Waals surface area contributed by atoms with Crippen molar-refractivity contribution in [3.05, 3.63) is 88.5 Å². The van der Waals surface area contributed by atoms with Crippen molar-refractivity contribution in [2.75, 3.05) is 31.8 Å². The van der Waals surface area contributed by atoms with Gasteiger partial charge in [-0.15, -0.1) is 0 Å². The maximum absolute atomic E-state index is 13.4. The summed E-state index contributed by atoms with van der Waals surface area (Å²) in [5.74, 6) is -1.39. The fraction of sp³-hybridized carbons (Fsp3) is 0.375. The molecule has 3 aromatic rings. The van der Waals surface area contributed by atoms with Crippen molar-refractivity contribution in [1.29, 1.82) is 0 Å². The molecular formula is C32H37NO8S. The van der Waals surface area contributed by atoms with Crippen LogP contribution < -0.4 is 10.1 Å². The van der Waals surface area contributed by atoms with Gasteiger partial charge in [-0.25, -0.2) is 13.2 Å². The quantitative estimate of drug-likeness (QED) is 0.279. The van der Waals surface area contributed by atoms with Gasteiger partial charge in [-0.1, -0.05) is 42.5 Å². The van der Waals surface area contributed by atoms with Gasteiger partial charge in [-0.05, 0) is 71.8 Å². The lowest BCUT2D eigenvalue weighted by atomic mass is 9.93. The van der Waals surface area contributed by atoms with Crippen LogP contribution in [0.5, 0.6) is 5.75 Å². The zero-order valence-electron chi connectivity index (χ0n) is 24.1. The Hall–Kier alpha value is -3.73. The molecule has 2 N–H and O–H groups in total. The molecule has 2 atom stereocenters. The molecule has 0 aromatic heterocycles. The first-order chi connectivity index (χ1) is 20.1. The molecule has 0 saturated carbocycles. The summed E-state index contributed by atoms with van der Waals surface area (Å²) in [6.45, 7) is 5.68. The van der Waals surface area contributed by atoms with Gasteiger partial charge < -0.3 is 24.6 Å². The number of amides is 1. The third-order valence-electron chi connectivity index (χ3n) is 7.16. The number of nitrogens with one attached hydrogen (secondary N) is 1. The van der Waals surface area contributed by atoms with E-state index in [1.807, 2.05) is 56.3 Å². The van der Waals surface area contributed by atoms with E-state index in [9.17, 15) is 23.1 Å². The van der Waals surface area contributed by atoms with E-state index in [0.29, 0.717) is 25.4 Å². The van der Waals surface area contributed by atoms with E-state index in [4.69, 9.17) is 14.2 Å². The first-order valence-corrected chi connectivity index (χ1v) is 16.0. The third kappa shape index (κ3) is 8.18. The number of hydrogen-bond donors (Lipinski definition) is 2. The normalized spacial score (nSPS) is 14.1. The highest BCUT2D eigenvalue weighted by Gasteiger charge is 2.25. The molecule has 4 rings (SSSR count). The van der Waals surface area contributed by atoms with Crippen LogP contribution in [0.25, 0.3) is 11.1 Å². The molecule has 0 spiro atoms. The van der Waals surface area contributed by atoms with Crippen LogP contribution in [0, 0.1) is 6.92 Å². The molecule has 0 fully saturated rings. The molecule has 0 radical (unpaired) electrons. The molecule has 0 unspecified atom stereocenters. The summed E-state index contributed by atoms with van der Waals surface area (Å²) in [7, 11) is -3.40. The Kier molecular flexibility index (Phi) is 10.4. The second kappa shape index (κ2) is 14.0. The summed E-state index contributed by atoms with van der Waals surface area (Å²) < 4.78 is 41.0. The number of fused-ring (bicyclic) bond motifs is 1. The van der Waals surface area contributed by atoms with Gasteiger partial charge in [0.05, 0.1) is 25.6 Å². The van der Waals surface area contributed by atoms with Crippen LogP contribution in [0.3, 0.4) is 0 Å². The molecule has 9 nitrogen and oxygen atoms in total. The summed E-state index contributed by atoms with van der Waals surface area (Å²) in [6.07, 6.45) is 1.34. The Morgan fingerprint density at radius 2 is 1.86 bits per heavy atom. The highest BCUT2D eigenvalue weighted by Crippen LogP contribution is 2.32. The number of carbonyl (C=O) groups is 2. The highest BCUT2D eigenvalue weighted by molar-refractivity contribution is 7.90. The maximum atomic E-state index is 13.4. The predicted octanol–water partition coefficient (Wildman–Crippen LogP) is 4.51. The van der Waals surface area contributed by atoms with Crippen molar-refractivity contribution in [1.82, 2.24) is 5.32 Å². The SMILES string of the molecule is CCOC[C@H](OCc1ccc(C(=O)N[C@@H](CCS(C)(=O)=O)C(=O)O)c(-c2ccccc2C)c1)c1ccc2c(c1)OCC2. The zero-order valence-corrected chi connectivity index (χ0v) is 24.9. The number of carboxylic acid groups (broad SMARTS) is 1. The number of ether oxygens (including phenoxy) is 3. The molecule has 0 saturated heterocycles. The molecular weight excluding hydrogens is 558 g/mol. The van der Waals surface area contributed by atoms with Gasteiger partial charge in [0.15, 0.2) is 0 Å². The Bertz CT molecular complexity index is 1540. The molecule has 10 heteroatoms. The van der Waals surface area contributed by atoms with Crippen LogP contribution >= 0.6 is 0 Å². The van der Waals surface area contributed by atoms with Crippen molar-refractivity contribution in [3.8, 4) is 16.9 Å². The van der Waals surface area contributed by atoms with E-state index in [1.54, 1.807) is 12.1 Å². The average molecular weight is 596 g/mol. The van der Waals surface area contributed by atoms with Crippen molar-refractivity contribution in [3.63, 3.8) is 0 Å². The molecule has 1 heterocycles. The Morgan fingerprint density at radius 3 is 2.57 bits per heavy atom. The number of carbonyl (C=O) groups excluding carboxylic acids is 1. The first kappa shape index (κ1) is 31.2. The van der Waals surface area contributed by atoms with Gasteiger partial charge in [0, 0.05) is 24.8 Å². The number of carboxylic acids is 1. The fourth-order valence-electron chi connectivity index (χ4n) is 4.85. The highest BCUT2D eigenvalue weighted by atomic mass is 32.2. The largest absolute Gasteiger partial charge is 0.493 e. The van der Waals surface area contributed by atoms with Crippen LogP contribution in [0.2, 0.25) is 0 Å². The Labute approximate surface area is 246 Å². The predicted molar refractivity (Wildman–Crippen MR) is 159 cm³/mol. The molecule has 42 heavy (non-hydrogen) atoms. The van der Waals surface area contributed by atoms with Crippen LogP contribution in [0.15, 0.2) is 60.7 Å². The van der Waals surface area contributed by atoms with Gasteiger partial charge in [0.1, 0.15) is 27.7 Å². The van der Waals surface area contributed by atoms with Crippen LogP contribution in [0.4, 0.5) is 0 Å². The van der Waals surface area contributed by atoms with Gasteiger partial charge in [0.2, 0.25) is 0 Å². The second-order valence-electron chi connectivity index (χ2n) is 10.4. The van der Waals surface area contributed by atoms with Crippen molar-refractivity contribution < 1.29 is 37.3 Å². The zero-order chi connectivity index (χ0) is 30.3. The smallest absolute Gasteiger partial charge is 0.326 e. The lowest BCUT2D eigenvalue weighted by Crippen LogP contribution is -2.42. The Balaban J connectivity index is 1.60. The topological polar surface area (TPSA) is 128 Å². The molecule has 1 aliphatic rings. The molecule has 0 aliphatic carbocycles. The van der Waals surface area contributed by atoms with E-state index in [1.165, 1.54) is 5.56 Å². The first-order valence-electron chi connectivity index (χ1n) is 13.9. The number of rotatable bonds is 14. The molecule has 0 bridgehead atoms. The lowest BCUT2D eigenvalue weighted by molar-refractivity contribution is -0.139. The van der Waals surface area contributed by atoms with Crippen LogP contribution in [0.1, 0.15) is 52.1 Å². The molecule has 1 amide bonds. The summed E-state index contributed by atoms with van der Waals surface area (Å²) in [6, 6.07) is 17.6. The van der Waals surface area contributed by atoms with Gasteiger partial charge in [-0.3, -0.25) is 4.79 Å². The number of hydrogen-bond acceptors (Lipinski definition) is 7. The molecule has 1 aliphatic heterocycles. The van der Waals surface area contributed by atoms with E-state index in [-0.39, 0.29) is 30.4 Å². The van der Waals surface area contributed by atoms with E-state index in [2.05, 4.69) is 11.4 Å². The standard InChI is InChI=1S/C32H37NO8S/c1-4-39-20-30(24-11-10-23-13-15-40-29(23)18-24)41-19-22-9-12-26(27(17-22)25-8-6-5-7-21(25)2)31(34)33-28(32(35)36)14-16-42(3,37)38/h5-12,17-18,28,30H,4,13-16,19-20H2,1-3H3,(H,33,34)(H,35,36)/t28-,30-/m0/s1. The average Bonchev–Trinajstić information content (AvgIpc) is 3.43. The minimum Gasteiger partial charge on any atom is -0.493 e. The number of sulfone groups is 1. The Morgan fingerprint density at radius 1 is 1.07 bits per heavy atom. The second-order valence-corrected chi connectivity index (χ2v) is 12.7. The van der Waals surface area contributed by atoms with Crippen molar-refractivity contribution in [2.24, 2.45) is 0 Å². The molecule has 3 aromatic carbocycles. The number of benzene rings is 3. The van der Waals surface area contributed by atoms with E-state index < -0.39 is 27.8 Å². The maximum Gasteiger partial charge on any atom is 0.326 e. The van der Waals surface area contributed by atoms with Gasteiger partial charge in [0.25, 0.3) is 5.91 Å². The number of aliphatic carboxylic acids is 1.